The summed E-state index contributed by atoms with van der Waals surface area (Å²) in [6.45, 7) is 8.84. The van der Waals surface area contributed by atoms with Gasteiger partial charge in [-0.25, -0.2) is 0 Å². The van der Waals surface area contributed by atoms with Crippen molar-refractivity contribution < 1.29 is 9.47 Å². The van der Waals surface area contributed by atoms with Gasteiger partial charge in [-0.05, 0) is 80.4 Å². The van der Waals surface area contributed by atoms with E-state index in [1.807, 2.05) is 48.5 Å². The molecule has 6 heteroatoms. The number of para-hydroxylation sites is 1. The molecule has 0 saturated heterocycles. The zero-order valence-corrected chi connectivity index (χ0v) is 21.0. The molecule has 1 heterocycles. The fourth-order valence-corrected chi connectivity index (χ4v) is 4.15. The Hall–Kier alpha value is -3.38. The smallest absolute Gasteiger partial charge is 0.191 e. The van der Waals surface area contributed by atoms with E-state index >= 15 is 0 Å². The standard InChI is InChI=1S/C28H31N3O2S/c1-5-20-11-8-9-13-24(20)29-27(34)31-30-25-17-28(3,4)33-26-15-14-22(16-23(25)26)32-18-21-12-7-6-10-19(21)2/h6-16H,5,17-18H2,1-4H3,(H2,29,31,34)/b30-25+. The number of rotatable bonds is 6. The molecule has 176 valence electrons. The fourth-order valence-electron chi connectivity index (χ4n) is 4.00. The van der Waals surface area contributed by atoms with Crippen molar-refractivity contribution in [3.05, 3.63) is 89.0 Å². The van der Waals surface area contributed by atoms with Crippen LogP contribution in [-0.2, 0) is 13.0 Å². The molecule has 4 rings (SSSR count). The Balaban J connectivity index is 1.52. The average molecular weight is 474 g/mol. The second-order valence-electron chi connectivity index (χ2n) is 9.05. The van der Waals surface area contributed by atoms with Crippen molar-refractivity contribution in [3.63, 3.8) is 0 Å². The number of anilines is 1. The molecular weight excluding hydrogens is 442 g/mol. The highest BCUT2D eigenvalue weighted by Crippen LogP contribution is 2.35. The summed E-state index contributed by atoms with van der Waals surface area (Å²) >= 11 is 5.52. The largest absolute Gasteiger partial charge is 0.489 e. The van der Waals surface area contributed by atoms with Crippen molar-refractivity contribution in [2.24, 2.45) is 5.10 Å². The molecule has 0 atom stereocenters. The molecule has 1 aliphatic heterocycles. The van der Waals surface area contributed by atoms with Crippen molar-refractivity contribution in [1.29, 1.82) is 0 Å². The average Bonchev–Trinajstić information content (AvgIpc) is 2.82. The highest BCUT2D eigenvalue weighted by molar-refractivity contribution is 7.80. The number of aryl methyl sites for hydroxylation is 2. The summed E-state index contributed by atoms with van der Waals surface area (Å²) in [5.74, 6) is 1.56. The van der Waals surface area contributed by atoms with Crippen LogP contribution in [0.15, 0.2) is 71.8 Å². The number of thiocarbonyl (C=S) groups is 1. The molecule has 3 aromatic carbocycles. The first-order valence-corrected chi connectivity index (χ1v) is 12.0. The number of hydrogen-bond acceptors (Lipinski definition) is 4. The lowest BCUT2D eigenvalue weighted by molar-refractivity contribution is 0.111. The van der Waals surface area contributed by atoms with Crippen LogP contribution in [-0.4, -0.2) is 16.4 Å². The Kier molecular flexibility index (Phi) is 7.17. The molecule has 34 heavy (non-hydrogen) atoms. The quantitative estimate of drug-likeness (QED) is 0.321. The minimum atomic E-state index is -0.374. The molecule has 0 saturated carbocycles. The molecule has 0 unspecified atom stereocenters. The highest BCUT2D eigenvalue weighted by Gasteiger charge is 2.31. The molecule has 0 amide bonds. The van der Waals surface area contributed by atoms with Gasteiger partial charge in [-0.2, -0.15) is 5.10 Å². The first-order valence-electron chi connectivity index (χ1n) is 11.6. The van der Waals surface area contributed by atoms with Crippen LogP contribution in [0.2, 0.25) is 0 Å². The van der Waals surface area contributed by atoms with E-state index in [1.54, 1.807) is 0 Å². The molecule has 0 aromatic heterocycles. The molecular formula is C28H31N3O2S. The van der Waals surface area contributed by atoms with Gasteiger partial charge in [-0.1, -0.05) is 49.4 Å². The van der Waals surface area contributed by atoms with Crippen LogP contribution in [0.4, 0.5) is 5.69 Å². The molecule has 3 aromatic rings. The van der Waals surface area contributed by atoms with E-state index in [-0.39, 0.29) is 5.60 Å². The van der Waals surface area contributed by atoms with Gasteiger partial charge in [0, 0.05) is 17.7 Å². The van der Waals surface area contributed by atoms with Crippen LogP contribution in [0.25, 0.3) is 0 Å². The molecule has 0 fully saturated rings. The van der Waals surface area contributed by atoms with E-state index in [1.165, 1.54) is 11.1 Å². The Morgan fingerprint density at radius 2 is 1.79 bits per heavy atom. The van der Waals surface area contributed by atoms with Crippen LogP contribution >= 0.6 is 12.2 Å². The molecule has 1 aliphatic rings. The van der Waals surface area contributed by atoms with E-state index < -0.39 is 0 Å². The topological polar surface area (TPSA) is 54.9 Å². The van der Waals surface area contributed by atoms with Gasteiger partial charge in [0.05, 0.1) is 5.71 Å². The molecule has 5 nitrogen and oxygen atoms in total. The number of nitrogens with zero attached hydrogens (tertiary/aromatic N) is 1. The number of nitrogens with one attached hydrogen (secondary N) is 2. The maximum absolute atomic E-state index is 6.21. The van der Waals surface area contributed by atoms with E-state index in [0.29, 0.717) is 18.1 Å². The molecule has 0 radical (unpaired) electrons. The van der Waals surface area contributed by atoms with Crippen molar-refractivity contribution in [2.45, 2.75) is 52.7 Å². The Morgan fingerprint density at radius 1 is 1.06 bits per heavy atom. The van der Waals surface area contributed by atoms with Crippen molar-refractivity contribution in [1.82, 2.24) is 5.43 Å². The normalized spacial score (nSPS) is 15.2. The summed E-state index contributed by atoms with van der Waals surface area (Å²) in [4.78, 5) is 0. The van der Waals surface area contributed by atoms with Crippen LogP contribution < -0.4 is 20.2 Å². The number of hydrazone groups is 1. The van der Waals surface area contributed by atoms with Gasteiger partial charge in [-0.15, -0.1) is 0 Å². The second kappa shape index (κ2) is 10.3. The molecule has 2 N–H and O–H groups in total. The zero-order chi connectivity index (χ0) is 24.1. The third-order valence-corrected chi connectivity index (χ3v) is 6.03. The minimum absolute atomic E-state index is 0.374. The minimum Gasteiger partial charge on any atom is -0.489 e. The van der Waals surface area contributed by atoms with E-state index in [4.69, 9.17) is 21.7 Å². The SMILES string of the molecule is CCc1ccccc1NC(=S)N/N=C1\CC(C)(C)Oc2ccc(OCc3ccccc3C)cc21. The van der Waals surface area contributed by atoms with Gasteiger partial charge in [0.1, 0.15) is 23.7 Å². The monoisotopic (exact) mass is 473 g/mol. The number of benzene rings is 3. The van der Waals surface area contributed by atoms with E-state index in [2.05, 4.69) is 61.7 Å². The summed E-state index contributed by atoms with van der Waals surface area (Å²) < 4.78 is 12.3. The number of hydrogen-bond donors (Lipinski definition) is 2. The summed E-state index contributed by atoms with van der Waals surface area (Å²) in [7, 11) is 0. The predicted molar refractivity (Wildman–Crippen MR) is 143 cm³/mol. The first kappa shape index (κ1) is 23.8. The maximum atomic E-state index is 6.21. The highest BCUT2D eigenvalue weighted by atomic mass is 32.1. The van der Waals surface area contributed by atoms with Gasteiger partial charge in [-0.3, -0.25) is 5.43 Å². The Bertz CT molecular complexity index is 1220. The molecule has 0 spiro atoms. The summed E-state index contributed by atoms with van der Waals surface area (Å²) in [6, 6.07) is 22.3. The van der Waals surface area contributed by atoms with Gasteiger partial charge >= 0.3 is 0 Å². The summed E-state index contributed by atoms with van der Waals surface area (Å²) in [5.41, 5.74) is 9.00. The van der Waals surface area contributed by atoms with Crippen molar-refractivity contribution in [3.8, 4) is 11.5 Å². The molecule has 0 aliphatic carbocycles. The number of ether oxygens (including phenoxy) is 2. The first-order chi connectivity index (χ1) is 16.3. The summed E-state index contributed by atoms with van der Waals surface area (Å²) in [5, 5.41) is 8.38. The Labute approximate surface area is 207 Å². The van der Waals surface area contributed by atoms with Crippen molar-refractivity contribution >= 4 is 28.7 Å². The van der Waals surface area contributed by atoms with E-state index in [9.17, 15) is 0 Å². The van der Waals surface area contributed by atoms with Gasteiger partial charge in [0.25, 0.3) is 0 Å². The molecule has 0 bridgehead atoms. The summed E-state index contributed by atoms with van der Waals surface area (Å²) in [6.07, 6.45) is 1.56. The fraction of sp³-hybridized carbons (Fsp3) is 0.286. The third kappa shape index (κ3) is 5.75. The maximum Gasteiger partial charge on any atom is 0.191 e. The van der Waals surface area contributed by atoms with Crippen LogP contribution in [0.5, 0.6) is 11.5 Å². The predicted octanol–water partition coefficient (Wildman–Crippen LogP) is 6.39. The van der Waals surface area contributed by atoms with E-state index in [0.717, 1.165) is 40.4 Å². The van der Waals surface area contributed by atoms with Crippen LogP contribution in [0.3, 0.4) is 0 Å². The van der Waals surface area contributed by atoms with Gasteiger partial charge in [0.2, 0.25) is 0 Å². The lowest BCUT2D eigenvalue weighted by Crippen LogP contribution is -2.37. The van der Waals surface area contributed by atoms with Crippen LogP contribution in [0, 0.1) is 6.92 Å². The van der Waals surface area contributed by atoms with Gasteiger partial charge < -0.3 is 14.8 Å². The van der Waals surface area contributed by atoms with Gasteiger partial charge in [0.15, 0.2) is 5.11 Å². The Morgan fingerprint density at radius 3 is 2.56 bits per heavy atom. The second-order valence-corrected chi connectivity index (χ2v) is 9.46. The van der Waals surface area contributed by atoms with Crippen molar-refractivity contribution in [2.75, 3.05) is 5.32 Å². The zero-order valence-electron chi connectivity index (χ0n) is 20.1. The third-order valence-electron chi connectivity index (χ3n) is 5.84. The lowest BCUT2D eigenvalue weighted by atomic mass is 9.92. The van der Waals surface area contributed by atoms with Crippen LogP contribution in [0.1, 0.15) is 49.4 Å². The lowest BCUT2D eigenvalue weighted by Gasteiger charge is -2.33. The number of fused-ring (bicyclic) bond motifs is 1.